The highest BCUT2D eigenvalue weighted by Crippen LogP contribution is 2.35. The van der Waals surface area contributed by atoms with Gasteiger partial charge in [0.05, 0.1) is 18.0 Å². The lowest BCUT2D eigenvalue weighted by molar-refractivity contribution is 0.285. The summed E-state index contributed by atoms with van der Waals surface area (Å²) in [6, 6.07) is 0.924. The predicted molar refractivity (Wildman–Crippen MR) is 71.2 cm³/mol. The summed E-state index contributed by atoms with van der Waals surface area (Å²) in [5, 5.41) is -0.0822. The summed E-state index contributed by atoms with van der Waals surface area (Å²) < 4.78 is 43.4. The maximum Gasteiger partial charge on any atom is 0.442 e. The van der Waals surface area contributed by atoms with Crippen LogP contribution in [0.1, 0.15) is 5.56 Å². The number of nitrogens with two attached hydrogens (primary N) is 1. The van der Waals surface area contributed by atoms with Gasteiger partial charge in [-0.2, -0.15) is 0 Å². The highest BCUT2D eigenvalue weighted by Gasteiger charge is 2.25. The molecule has 0 aliphatic rings. The Morgan fingerprint density at radius 2 is 2.05 bits per heavy atom. The fourth-order valence-corrected chi connectivity index (χ4v) is 2.38. The predicted octanol–water partition coefficient (Wildman–Crippen LogP) is 0.787. The second-order valence-corrected chi connectivity index (χ2v) is 4.48. The van der Waals surface area contributed by atoms with Crippen molar-refractivity contribution in [3.05, 3.63) is 44.1 Å². The quantitative estimate of drug-likeness (QED) is 0.718. The van der Waals surface area contributed by atoms with Gasteiger partial charge in [-0.05, 0) is 13.0 Å². The Labute approximate surface area is 120 Å². The molecule has 0 saturated heterocycles. The van der Waals surface area contributed by atoms with E-state index in [1.54, 1.807) is 0 Å². The van der Waals surface area contributed by atoms with Crippen LogP contribution in [0.5, 0.6) is 5.75 Å². The second-order valence-electron chi connectivity index (χ2n) is 4.48. The Hall–Kier alpha value is -2.68. The van der Waals surface area contributed by atoms with E-state index in [0.717, 1.165) is 17.7 Å². The minimum Gasteiger partial charge on any atom is -0.491 e. The number of hydrogen-bond acceptors (Lipinski definition) is 6. The third-order valence-corrected chi connectivity index (χ3v) is 3.25. The maximum absolute atomic E-state index is 14.5. The molecule has 0 saturated carbocycles. The molecule has 0 spiro atoms. The van der Waals surface area contributed by atoms with E-state index in [4.69, 9.17) is 14.7 Å². The van der Waals surface area contributed by atoms with Crippen LogP contribution in [-0.4, -0.2) is 18.2 Å². The van der Waals surface area contributed by atoms with Crippen molar-refractivity contribution in [2.75, 3.05) is 13.7 Å². The second kappa shape index (κ2) is 4.95. The molecule has 0 amide bonds. The normalized spacial score (nSPS) is 11.5. The summed E-state index contributed by atoms with van der Waals surface area (Å²) in [7, 11) is 1.12. The van der Waals surface area contributed by atoms with Crippen LogP contribution in [0, 0.1) is 11.6 Å². The van der Waals surface area contributed by atoms with Gasteiger partial charge in [-0.3, -0.25) is 0 Å². The van der Waals surface area contributed by atoms with Gasteiger partial charge in [0.15, 0.2) is 17.4 Å². The summed E-state index contributed by atoms with van der Waals surface area (Å²) in [6.45, 7) is 0.108. The van der Waals surface area contributed by atoms with Gasteiger partial charge < -0.3 is 19.4 Å². The maximum atomic E-state index is 14.5. The van der Waals surface area contributed by atoms with Gasteiger partial charge >= 0.3 is 11.3 Å². The summed E-state index contributed by atoms with van der Waals surface area (Å²) >= 11 is 0. The van der Waals surface area contributed by atoms with E-state index in [2.05, 4.69) is 4.74 Å². The van der Waals surface area contributed by atoms with E-state index < -0.39 is 28.6 Å². The number of rotatable bonds is 3. The molecule has 0 radical (unpaired) electrons. The molecule has 2 heterocycles. The van der Waals surface area contributed by atoms with Gasteiger partial charge in [-0.25, -0.2) is 18.4 Å². The van der Waals surface area contributed by atoms with Gasteiger partial charge in [0.25, 0.3) is 0 Å². The third kappa shape index (κ3) is 1.82. The Kier molecular flexibility index (Phi) is 3.21. The first kappa shape index (κ1) is 14.3. The fraction of sp³-hybridized carbons (Fsp3) is 0.231. The van der Waals surface area contributed by atoms with E-state index >= 15 is 0 Å². The number of ether oxygens (including phenoxy) is 1. The van der Waals surface area contributed by atoms with E-state index in [1.807, 2.05) is 0 Å². The largest absolute Gasteiger partial charge is 0.491 e. The molecule has 0 bridgehead atoms. The van der Waals surface area contributed by atoms with Crippen LogP contribution < -0.4 is 21.7 Å². The molecule has 0 unspecified atom stereocenters. The number of hydrogen-bond donors (Lipinski definition) is 1. The van der Waals surface area contributed by atoms with Gasteiger partial charge in [-0.1, -0.05) is 0 Å². The van der Waals surface area contributed by atoms with E-state index in [9.17, 15) is 18.4 Å². The van der Waals surface area contributed by atoms with Gasteiger partial charge in [-0.15, -0.1) is 4.57 Å². The molecule has 0 aliphatic heterocycles. The average molecular weight is 312 g/mol. The molecule has 2 N–H and O–H groups in total. The summed E-state index contributed by atoms with van der Waals surface area (Å²) in [5.74, 6) is -2.57. The third-order valence-electron chi connectivity index (χ3n) is 3.25. The number of benzene rings is 1. The van der Waals surface area contributed by atoms with Crippen molar-refractivity contribution in [1.82, 2.24) is 4.57 Å². The van der Waals surface area contributed by atoms with Gasteiger partial charge in [0, 0.05) is 11.6 Å². The number of fused-ring (bicyclic) bond motifs is 3. The molecular formula is C13H10F2N2O5. The minimum atomic E-state index is -1.29. The summed E-state index contributed by atoms with van der Waals surface area (Å²) in [4.78, 5) is 22.6. The molecule has 0 fully saturated rings. The van der Waals surface area contributed by atoms with Gasteiger partial charge in [0.2, 0.25) is 5.71 Å². The molecule has 0 aliphatic carbocycles. The lowest BCUT2D eigenvalue weighted by Crippen LogP contribution is -2.23. The lowest BCUT2D eigenvalue weighted by Gasteiger charge is -2.05. The van der Waals surface area contributed by atoms with E-state index in [-0.39, 0.29) is 35.1 Å². The van der Waals surface area contributed by atoms with Crippen LogP contribution in [0.4, 0.5) is 8.78 Å². The number of halogens is 2. The van der Waals surface area contributed by atoms with Crippen LogP contribution in [-0.2, 0) is 6.42 Å². The standard InChI is InChI=1S/C13H10F2N2O5/c1-20-10-6(14)4-7-8(9(10)15)5(2-3-16)11-17(7)22-13(19)12(18)21-11/h4H,2-3,16H2,1H3. The smallest absolute Gasteiger partial charge is 0.442 e. The van der Waals surface area contributed by atoms with E-state index in [1.165, 1.54) is 0 Å². The molecule has 9 heteroatoms. The van der Waals surface area contributed by atoms with Crippen LogP contribution in [0.3, 0.4) is 0 Å². The Bertz CT molecular complexity index is 1000. The number of aromatic nitrogens is 1. The molecule has 0 atom stereocenters. The molecule has 3 aromatic rings. The molecule has 22 heavy (non-hydrogen) atoms. The van der Waals surface area contributed by atoms with E-state index in [0.29, 0.717) is 0 Å². The molecular weight excluding hydrogens is 302 g/mol. The zero-order valence-corrected chi connectivity index (χ0v) is 11.3. The molecule has 7 nitrogen and oxygen atoms in total. The van der Waals surface area contributed by atoms with Crippen LogP contribution in [0.15, 0.2) is 24.6 Å². The molecule has 116 valence electrons. The molecule has 3 rings (SSSR count). The zero-order valence-electron chi connectivity index (χ0n) is 11.3. The summed E-state index contributed by atoms with van der Waals surface area (Å²) in [5.41, 5.74) is 2.82. The van der Waals surface area contributed by atoms with Crippen molar-refractivity contribution in [2.45, 2.75) is 6.42 Å². The Morgan fingerprint density at radius 3 is 2.68 bits per heavy atom. The SMILES string of the molecule is COc1c(F)cc2c(c1F)c(CCN)c1oc(=O)c(=O)on12. The van der Waals surface area contributed by atoms with Crippen molar-refractivity contribution in [3.8, 4) is 5.75 Å². The van der Waals surface area contributed by atoms with Crippen molar-refractivity contribution in [2.24, 2.45) is 5.73 Å². The molecule has 1 aromatic carbocycles. The monoisotopic (exact) mass is 312 g/mol. The zero-order chi connectivity index (χ0) is 16.0. The first-order valence-electron chi connectivity index (χ1n) is 6.23. The first-order valence-corrected chi connectivity index (χ1v) is 6.23. The first-order chi connectivity index (χ1) is 10.5. The van der Waals surface area contributed by atoms with Crippen LogP contribution in [0.2, 0.25) is 0 Å². The van der Waals surface area contributed by atoms with Crippen molar-refractivity contribution < 1.29 is 22.5 Å². The van der Waals surface area contributed by atoms with Crippen LogP contribution in [0.25, 0.3) is 16.6 Å². The Morgan fingerprint density at radius 1 is 1.32 bits per heavy atom. The number of methoxy groups -OCH3 is 1. The molecule has 2 aromatic heterocycles. The average Bonchev–Trinajstić information content (AvgIpc) is 2.75. The Balaban J connectivity index is 2.61. The topological polar surface area (TPSA) is 100 Å². The minimum absolute atomic E-state index is 0.0822. The lowest BCUT2D eigenvalue weighted by atomic mass is 10.1. The van der Waals surface area contributed by atoms with Crippen molar-refractivity contribution in [1.29, 1.82) is 0 Å². The number of nitrogens with zero attached hydrogens (tertiary/aromatic N) is 1. The van der Waals surface area contributed by atoms with Crippen molar-refractivity contribution in [3.63, 3.8) is 0 Å². The highest BCUT2D eigenvalue weighted by atomic mass is 19.1. The van der Waals surface area contributed by atoms with Gasteiger partial charge in [0.1, 0.15) is 0 Å². The summed E-state index contributed by atoms with van der Waals surface area (Å²) in [6.07, 6.45) is 0.120. The highest BCUT2D eigenvalue weighted by molar-refractivity contribution is 5.91. The van der Waals surface area contributed by atoms with Crippen LogP contribution >= 0.6 is 0 Å². The van der Waals surface area contributed by atoms with Crippen molar-refractivity contribution >= 4 is 16.6 Å². The fourth-order valence-electron chi connectivity index (χ4n) is 2.38.